The molecular weight excluding hydrogens is 422 g/mol. The van der Waals surface area contributed by atoms with E-state index in [1.54, 1.807) is 32.9 Å². The third kappa shape index (κ3) is 5.74. The van der Waals surface area contributed by atoms with Crippen molar-refractivity contribution in [2.75, 3.05) is 5.73 Å². The van der Waals surface area contributed by atoms with Crippen LogP contribution in [0.3, 0.4) is 0 Å². The van der Waals surface area contributed by atoms with Gasteiger partial charge in [-0.05, 0) is 82.2 Å². The fraction of sp³-hybridized carbons (Fsp3) is 0.480. The van der Waals surface area contributed by atoms with Crippen molar-refractivity contribution in [3.8, 4) is 0 Å². The number of nitrogens with one attached hydrogen (secondary N) is 2. The Balaban J connectivity index is 1.70. The van der Waals surface area contributed by atoms with Gasteiger partial charge in [0.05, 0.1) is 5.56 Å². The van der Waals surface area contributed by atoms with Crippen molar-refractivity contribution >= 4 is 34.4 Å². The molecule has 0 bridgehead atoms. The summed E-state index contributed by atoms with van der Waals surface area (Å²) in [6, 6.07) is 10.8. The second-order valence-corrected chi connectivity index (χ2v) is 9.94. The molecule has 8 nitrogen and oxygen atoms in total. The minimum atomic E-state index is -1.47. The van der Waals surface area contributed by atoms with Gasteiger partial charge in [-0.25, -0.2) is 9.59 Å². The van der Waals surface area contributed by atoms with Gasteiger partial charge in [0.15, 0.2) is 0 Å². The van der Waals surface area contributed by atoms with Crippen molar-refractivity contribution in [3.63, 3.8) is 0 Å². The van der Waals surface area contributed by atoms with Gasteiger partial charge in [-0.15, -0.1) is 0 Å². The lowest BCUT2D eigenvalue weighted by atomic mass is 9.74. The number of aliphatic carboxylic acids is 1. The molecule has 178 valence electrons. The van der Waals surface area contributed by atoms with Crippen molar-refractivity contribution in [3.05, 3.63) is 42.0 Å². The van der Waals surface area contributed by atoms with E-state index < -0.39 is 29.1 Å². The number of hydrogen-bond donors (Lipinski definition) is 4. The number of ether oxygens (including phenoxy) is 1. The number of nitrogens with two attached hydrogens (primary N) is 1. The molecule has 0 aromatic heterocycles. The van der Waals surface area contributed by atoms with E-state index >= 15 is 0 Å². The summed E-state index contributed by atoms with van der Waals surface area (Å²) in [4.78, 5) is 37.4. The molecule has 0 radical (unpaired) electrons. The van der Waals surface area contributed by atoms with E-state index in [2.05, 4.69) is 10.6 Å². The largest absolute Gasteiger partial charge is 0.480 e. The van der Waals surface area contributed by atoms with Crippen LogP contribution >= 0.6 is 0 Å². The van der Waals surface area contributed by atoms with Crippen molar-refractivity contribution in [2.24, 2.45) is 5.92 Å². The second-order valence-electron chi connectivity index (χ2n) is 9.94. The third-order valence-electron chi connectivity index (χ3n) is 6.24. The highest BCUT2D eigenvalue weighted by atomic mass is 16.6. The maximum absolute atomic E-state index is 13.1. The van der Waals surface area contributed by atoms with Crippen molar-refractivity contribution in [1.82, 2.24) is 10.6 Å². The lowest BCUT2D eigenvalue weighted by Crippen LogP contribution is -2.58. The molecule has 0 heterocycles. The molecule has 0 saturated heterocycles. The first-order valence-corrected chi connectivity index (χ1v) is 11.2. The highest BCUT2D eigenvalue weighted by Crippen LogP contribution is 2.34. The van der Waals surface area contributed by atoms with E-state index in [1.165, 1.54) is 6.92 Å². The van der Waals surface area contributed by atoms with Crippen LogP contribution in [-0.4, -0.2) is 40.3 Å². The average Bonchev–Trinajstić information content (AvgIpc) is 2.72. The van der Waals surface area contributed by atoms with Gasteiger partial charge < -0.3 is 26.2 Å². The third-order valence-corrected chi connectivity index (χ3v) is 6.24. The fourth-order valence-electron chi connectivity index (χ4n) is 4.38. The van der Waals surface area contributed by atoms with Crippen LogP contribution in [0.15, 0.2) is 36.4 Å². The predicted molar refractivity (Wildman–Crippen MR) is 127 cm³/mol. The smallest absolute Gasteiger partial charge is 0.407 e. The van der Waals surface area contributed by atoms with Gasteiger partial charge in [-0.3, -0.25) is 4.79 Å². The van der Waals surface area contributed by atoms with Crippen LogP contribution in [0.5, 0.6) is 0 Å². The minimum Gasteiger partial charge on any atom is -0.480 e. The Bertz CT molecular complexity index is 1050. The molecule has 0 aliphatic heterocycles. The van der Waals surface area contributed by atoms with Crippen LogP contribution in [-0.2, 0) is 9.53 Å². The Morgan fingerprint density at radius 1 is 1.00 bits per heavy atom. The summed E-state index contributed by atoms with van der Waals surface area (Å²) in [5, 5.41) is 17.4. The summed E-state index contributed by atoms with van der Waals surface area (Å²) in [5.74, 6) is -1.91. The first kappa shape index (κ1) is 24.4. The molecule has 33 heavy (non-hydrogen) atoms. The van der Waals surface area contributed by atoms with Crippen LogP contribution < -0.4 is 16.4 Å². The summed E-state index contributed by atoms with van der Waals surface area (Å²) in [7, 11) is 0. The molecule has 3 rings (SSSR count). The van der Waals surface area contributed by atoms with E-state index in [9.17, 15) is 19.5 Å². The predicted octanol–water partition coefficient (Wildman–Crippen LogP) is 4.08. The van der Waals surface area contributed by atoms with Gasteiger partial charge >= 0.3 is 12.1 Å². The lowest BCUT2D eigenvalue weighted by Gasteiger charge is -2.39. The number of amides is 2. The summed E-state index contributed by atoms with van der Waals surface area (Å²) < 4.78 is 5.30. The number of hydrogen-bond acceptors (Lipinski definition) is 5. The number of benzene rings is 2. The van der Waals surface area contributed by atoms with Crippen LogP contribution in [0.4, 0.5) is 10.5 Å². The maximum atomic E-state index is 13.1. The van der Waals surface area contributed by atoms with Crippen LogP contribution in [0.2, 0.25) is 0 Å². The Morgan fingerprint density at radius 3 is 2.12 bits per heavy atom. The monoisotopic (exact) mass is 455 g/mol. The molecule has 1 unspecified atom stereocenters. The maximum Gasteiger partial charge on any atom is 0.407 e. The average molecular weight is 456 g/mol. The SMILES string of the molecule is CC(C)(C)OC(=O)NC1CCC(C(C)(NC(=O)c2cc3ccccc3cc2N)C(=O)O)CC1. The molecule has 1 aliphatic rings. The van der Waals surface area contributed by atoms with Gasteiger partial charge in [0.2, 0.25) is 0 Å². The van der Waals surface area contributed by atoms with Crippen LogP contribution in [0.1, 0.15) is 63.7 Å². The molecule has 1 saturated carbocycles. The zero-order valence-electron chi connectivity index (χ0n) is 19.6. The summed E-state index contributed by atoms with van der Waals surface area (Å²) in [6.45, 7) is 6.93. The van der Waals surface area contributed by atoms with Crippen molar-refractivity contribution in [2.45, 2.75) is 70.6 Å². The Morgan fingerprint density at radius 2 is 1.58 bits per heavy atom. The zero-order chi connectivity index (χ0) is 24.4. The lowest BCUT2D eigenvalue weighted by molar-refractivity contribution is -0.146. The quantitative estimate of drug-likeness (QED) is 0.503. The molecule has 1 fully saturated rings. The van der Waals surface area contributed by atoms with Gasteiger partial charge in [0, 0.05) is 11.7 Å². The first-order chi connectivity index (χ1) is 15.4. The van der Waals surface area contributed by atoms with E-state index in [1.807, 2.05) is 24.3 Å². The Kier molecular flexibility index (Phi) is 6.86. The molecule has 2 aromatic carbocycles. The minimum absolute atomic E-state index is 0.0963. The number of nitrogen functional groups attached to an aromatic ring is 1. The van der Waals surface area contributed by atoms with E-state index in [0.717, 1.165) is 10.8 Å². The normalized spacial score (nSPS) is 20.5. The summed E-state index contributed by atoms with van der Waals surface area (Å²) in [5.41, 5.74) is 4.60. The number of alkyl carbamates (subject to hydrolysis) is 1. The molecule has 2 aromatic rings. The number of carbonyl (C=O) groups excluding carboxylic acids is 2. The van der Waals surface area contributed by atoms with Gasteiger partial charge in [0.25, 0.3) is 5.91 Å². The van der Waals surface area contributed by atoms with Crippen LogP contribution in [0.25, 0.3) is 10.8 Å². The number of carbonyl (C=O) groups is 3. The second kappa shape index (κ2) is 9.29. The molecule has 8 heteroatoms. The fourth-order valence-corrected chi connectivity index (χ4v) is 4.38. The van der Waals surface area contributed by atoms with E-state index in [-0.39, 0.29) is 17.5 Å². The molecule has 2 amide bonds. The highest BCUT2D eigenvalue weighted by Gasteiger charge is 2.44. The standard InChI is InChI=1S/C25H33N3O5/c1-24(2,3)33-23(32)27-18-11-9-17(10-12-18)25(4,22(30)31)28-21(29)19-13-15-7-5-6-8-16(15)14-20(19)26/h5-8,13-14,17-18H,9-12,26H2,1-4H3,(H,27,32)(H,28,29)(H,30,31). The molecule has 5 N–H and O–H groups in total. The summed E-state index contributed by atoms with van der Waals surface area (Å²) in [6.07, 6.45) is 1.79. The number of anilines is 1. The van der Waals surface area contributed by atoms with Gasteiger partial charge in [0.1, 0.15) is 11.1 Å². The number of fused-ring (bicyclic) bond motifs is 1. The Hall–Kier alpha value is -3.29. The van der Waals surface area contributed by atoms with Gasteiger partial charge in [-0.1, -0.05) is 24.3 Å². The number of carboxylic acids is 1. The van der Waals surface area contributed by atoms with Gasteiger partial charge in [-0.2, -0.15) is 0 Å². The highest BCUT2D eigenvalue weighted by molar-refractivity contribution is 6.05. The van der Waals surface area contributed by atoms with E-state index in [0.29, 0.717) is 31.4 Å². The number of carboxylic acid groups (broad SMARTS) is 1. The zero-order valence-corrected chi connectivity index (χ0v) is 19.6. The van der Waals surface area contributed by atoms with Crippen LogP contribution in [0, 0.1) is 5.92 Å². The van der Waals surface area contributed by atoms with Crippen molar-refractivity contribution in [1.29, 1.82) is 0 Å². The molecule has 1 atom stereocenters. The Labute approximate surface area is 193 Å². The first-order valence-electron chi connectivity index (χ1n) is 11.2. The summed E-state index contributed by atoms with van der Waals surface area (Å²) >= 11 is 0. The molecule has 0 spiro atoms. The molecule has 1 aliphatic carbocycles. The van der Waals surface area contributed by atoms with Crippen molar-refractivity contribution < 1.29 is 24.2 Å². The topological polar surface area (TPSA) is 131 Å². The number of rotatable bonds is 5. The van der Waals surface area contributed by atoms with E-state index in [4.69, 9.17) is 10.5 Å². The molecular formula is C25H33N3O5.